The lowest BCUT2D eigenvalue weighted by molar-refractivity contribution is -0.244. The lowest BCUT2D eigenvalue weighted by Crippen LogP contribution is -2.70. The number of aliphatic hydroxyl groups is 1. The number of fused-ring (bicyclic) bond motifs is 7. The van der Waals surface area contributed by atoms with Crippen molar-refractivity contribution in [2.75, 3.05) is 0 Å². The predicted molar refractivity (Wildman–Crippen MR) is 138 cm³/mol. The van der Waals surface area contributed by atoms with Gasteiger partial charge >= 0.3 is 5.97 Å². The van der Waals surface area contributed by atoms with Gasteiger partial charge in [-0.2, -0.15) is 4.73 Å². The van der Waals surface area contributed by atoms with Crippen LogP contribution in [0.3, 0.4) is 0 Å². The number of hydrogen-bond donors (Lipinski definition) is 1. The monoisotopic (exact) mass is 545 g/mol. The molecule has 7 nitrogen and oxygen atoms in total. The molecule has 0 bridgehead atoms. The first kappa shape index (κ1) is 26.3. The standard InChI is InChI=1S/C29H36FNO6S/c1-4-7-24-35-22-15-20-19-10-9-17-14-18(32)11-12-26(17,2)28(19,30)21(33)16-27(20,3)29(22,36-24)25(34)37-31-13-6-5-8-23(31)38/h5-6,8,13-14,19-22,24,33H,4,7,9-12,15-16H2,1-3H3/t19-,20-,21-,22+,24+,26-,27-,28-,29-/m0/s1. The average Bonchev–Trinajstić information content (AvgIpc) is 3.35. The van der Waals surface area contributed by atoms with E-state index in [0.29, 0.717) is 36.7 Å². The Morgan fingerprint density at radius 3 is 2.82 bits per heavy atom. The molecule has 0 spiro atoms. The molecule has 1 aromatic heterocycles. The molecule has 38 heavy (non-hydrogen) atoms. The van der Waals surface area contributed by atoms with Crippen LogP contribution in [0.2, 0.25) is 0 Å². The zero-order valence-corrected chi connectivity index (χ0v) is 23.0. The zero-order chi connectivity index (χ0) is 27.1. The fourth-order valence-corrected chi connectivity index (χ4v) is 8.92. The van der Waals surface area contributed by atoms with E-state index < -0.39 is 52.5 Å². The molecule has 0 amide bonds. The van der Waals surface area contributed by atoms with Crippen LogP contribution < -0.4 is 4.84 Å². The first-order valence-corrected chi connectivity index (χ1v) is 14.3. The number of aromatic nitrogens is 1. The van der Waals surface area contributed by atoms with Gasteiger partial charge in [0.25, 0.3) is 0 Å². The summed E-state index contributed by atoms with van der Waals surface area (Å²) in [7, 11) is 0. The van der Waals surface area contributed by atoms with Crippen molar-refractivity contribution in [2.24, 2.45) is 22.7 Å². The summed E-state index contributed by atoms with van der Waals surface area (Å²) in [4.78, 5) is 32.2. The number of carbonyl (C=O) groups is 2. The number of halogens is 1. The second-order valence-corrected chi connectivity index (χ2v) is 12.7. The Hall–Kier alpha value is -1.94. The first-order chi connectivity index (χ1) is 18.0. The van der Waals surface area contributed by atoms with Crippen LogP contribution in [0.5, 0.6) is 0 Å². The number of allylic oxidation sites excluding steroid dienone is 1. The highest BCUT2D eigenvalue weighted by molar-refractivity contribution is 7.71. The lowest BCUT2D eigenvalue weighted by Gasteiger charge is -2.63. The van der Waals surface area contributed by atoms with Gasteiger partial charge in [0.2, 0.25) is 5.60 Å². The van der Waals surface area contributed by atoms with Crippen LogP contribution in [0.15, 0.2) is 36.0 Å². The maximum Gasteiger partial charge on any atom is 0.367 e. The normalized spacial score (nSPS) is 45.4. The molecule has 4 aliphatic carbocycles. The van der Waals surface area contributed by atoms with Crippen molar-refractivity contribution < 1.29 is 33.4 Å². The van der Waals surface area contributed by atoms with E-state index in [4.69, 9.17) is 26.5 Å². The number of carbonyl (C=O) groups excluding carboxylic acids is 2. The second-order valence-electron chi connectivity index (χ2n) is 12.3. The first-order valence-electron chi connectivity index (χ1n) is 13.9. The molecular formula is C29H36FNO6S. The molecule has 3 saturated carbocycles. The van der Waals surface area contributed by atoms with Crippen LogP contribution >= 0.6 is 12.2 Å². The maximum atomic E-state index is 17.5. The van der Waals surface area contributed by atoms with E-state index >= 15 is 4.39 Å². The summed E-state index contributed by atoms with van der Waals surface area (Å²) in [5.74, 6) is -1.40. The molecule has 0 radical (unpaired) electrons. The third kappa shape index (κ3) is 3.25. The van der Waals surface area contributed by atoms with Gasteiger partial charge in [-0.3, -0.25) is 4.79 Å². The van der Waals surface area contributed by atoms with E-state index in [1.54, 1.807) is 30.5 Å². The minimum Gasteiger partial charge on any atom is -0.390 e. The van der Waals surface area contributed by atoms with Gasteiger partial charge in [0, 0.05) is 29.4 Å². The van der Waals surface area contributed by atoms with Gasteiger partial charge in [0.1, 0.15) is 16.4 Å². The topological polar surface area (TPSA) is 87.0 Å². The van der Waals surface area contributed by atoms with Gasteiger partial charge in [0.05, 0.1) is 6.10 Å². The molecule has 1 saturated heterocycles. The molecule has 9 heteroatoms. The van der Waals surface area contributed by atoms with Crippen LogP contribution in [0.1, 0.15) is 72.1 Å². The summed E-state index contributed by atoms with van der Waals surface area (Å²) < 4.78 is 32.0. The molecule has 9 atom stereocenters. The molecule has 0 aromatic carbocycles. The SMILES string of the molecule is CCC[C@@H]1O[C@@H]2C[C@H]3[C@@H]4CCC5=CC(=O)CC[C@]5(C)[C@@]4(F)[C@@H](O)C[C@]3(C)[C@]2(C(=O)On2ccccc2=S)O1. The lowest BCUT2D eigenvalue weighted by atomic mass is 9.44. The van der Waals surface area contributed by atoms with Gasteiger partial charge in [-0.25, -0.2) is 9.18 Å². The third-order valence-corrected chi connectivity index (χ3v) is 10.9. The molecule has 1 aliphatic heterocycles. The average molecular weight is 546 g/mol. The number of ketones is 1. The fourth-order valence-electron chi connectivity index (χ4n) is 8.75. The second kappa shape index (κ2) is 8.78. The van der Waals surface area contributed by atoms with Crippen LogP contribution in [0.25, 0.3) is 0 Å². The highest BCUT2D eigenvalue weighted by atomic mass is 32.1. The molecule has 2 heterocycles. The molecule has 206 valence electrons. The number of hydrogen-bond acceptors (Lipinski definition) is 7. The van der Waals surface area contributed by atoms with Gasteiger partial charge < -0.3 is 19.4 Å². The molecule has 1 N–H and O–H groups in total. The van der Waals surface area contributed by atoms with Gasteiger partial charge in [-0.15, -0.1) is 0 Å². The van der Waals surface area contributed by atoms with E-state index in [-0.39, 0.29) is 24.5 Å². The number of alkyl halides is 1. The van der Waals surface area contributed by atoms with Crippen molar-refractivity contribution in [1.82, 2.24) is 4.73 Å². The summed E-state index contributed by atoms with van der Waals surface area (Å²) in [5, 5.41) is 11.7. The Kier molecular flexibility index (Phi) is 6.07. The van der Waals surface area contributed by atoms with Gasteiger partial charge in [-0.1, -0.05) is 51.0 Å². The minimum atomic E-state index is -1.92. The van der Waals surface area contributed by atoms with Crippen LogP contribution in [0, 0.1) is 27.3 Å². The molecular weight excluding hydrogens is 509 g/mol. The van der Waals surface area contributed by atoms with E-state index in [2.05, 4.69) is 0 Å². The molecule has 5 aliphatic rings. The Morgan fingerprint density at radius 2 is 2.08 bits per heavy atom. The van der Waals surface area contributed by atoms with Crippen molar-refractivity contribution >= 4 is 24.0 Å². The van der Waals surface area contributed by atoms with Crippen molar-refractivity contribution in [3.63, 3.8) is 0 Å². The number of ether oxygens (including phenoxy) is 2. The molecule has 6 rings (SSSR count). The molecule has 4 fully saturated rings. The minimum absolute atomic E-state index is 0.0232. The van der Waals surface area contributed by atoms with E-state index in [1.165, 1.54) is 4.73 Å². The van der Waals surface area contributed by atoms with Crippen molar-refractivity contribution in [3.8, 4) is 0 Å². The smallest absolute Gasteiger partial charge is 0.367 e. The maximum absolute atomic E-state index is 17.5. The van der Waals surface area contributed by atoms with Gasteiger partial charge in [-0.05, 0) is 62.7 Å². The summed E-state index contributed by atoms with van der Waals surface area (Å²) in [6, 6.07) is 5.14. The largest absolute Gasteiger partial charge is 0.390 e. The zero-order valence-electron chi connectivity index (χ0n) is 22.2. The predicted octanol–water partition coefficient (Wildman–Crippen LogP) is 4.66. The number of nitrogens with zero attached hydrogens (tertiary/aromatic N) is 1. The van der Waals surface area contributed by atoms with E-state index in [9.17, 15) is 14.7 Å². The Labute approximate surface area is 227 Å². The Balaban J connectivity index is 1.43. The fraction of sp³-hybridized carbons (Fsp3) is 0.690. The summed E-state index contributed by atoms with van der Waals surface area (Å²) >= 11 is 5.35. The van der Waals surface area contributed by atoms with Crippen LogP contribution in [-0.2, 0) is 19.1 Å². The quantitative estimate of drug-likeness (QED) is 0.551. The van der Waals surface area contributed by atoms with Crippen molar-refractivity contribution in [2.45, 2.75) is 102 Å². The summed E-state index contributed by atoms with van der Waals surface area (Å²) in [6.45, 7) is 5.82. The summed E-state index contributed by atoms with van der Waals surface area (Å²) in [6.07, 6.45) is 4.22. The Bertz CT molecular complexity index is 1270. The Morgan fingerprint density at radius 1 is 1.29 bits per heavy atom. The van der Waals surface area contributed by atoms with E-state index in [1.807, 2.05) is 20.8 Å². The summed E-state index contributed by atoms with van der Waals surface area (Å²) in [5.41, 5.74) is -4.49. The number of aliphatic hydroxyl groups excluding tert-OH is 1. The number of rotatable bonds is 4. The third-order valence-electron chi connectivity index (χ3n) is 10.6. The van der Waals surface area contributed by atoms with Gasteiger partial charge in [0.15, 0.2) is 12.1 Å². The number of pyridine rings is 1. The highest BCUT2D eigenvalue weighted by Gasteiger charge is 2.80. The highest BCUT2D eigenvalue weighted by Crippen LogP contribution is 2.72. The molecule has 1 aromatic rings. The van der Waals surface area contributed by atoms with Crippen molar-refractivity contribution in [1.29, 1.82) is 0 Å². The van der Waals surface area contributed by atoms with Crippen LogP contribution in [-0.4, -0.2) is 51.4 Å². The van der Waals surface area contributed by atoms with Crippen LogP contribution in [0.4, 0.5) is 4.39 Å². The van der Waals surface area contributed by atoms with Crippen molar-refractivity contribution in [3.05, 3.63) is 40.7 Å². The molecule has 0 unspecified atom stereocenters. The van der Waals surface area contributed by atoms with E-state index in [0.717, 1.165) is 12.0 Å².